The van der Waals surface area contributed by atoms with Crippen LogP contribution in [0.3, 0.4) is 0 Å². The molecular weight excluding hydrogens is 318 g/mol. The van der Waals surface area contributed by atoms with Crippen LogP contribution in [0.15, 0.2) is 23.1 Å². The summed E-state index contributed by atoms with van der Waals surface area (Å²) in [5.74, 6) is -0.475. The van der Waals surface area contributed by atoms with Gasteiger partial charge in [0.05, 0.1) is 17.6 Å². The molecule has 23 heavy (non-hydrogen) atoms. The van der Waals surface area contributed by atoms with Gasteiger partial charge in [0.1, 0.15) is 5.75 Å². The molecule has 0 spiro atoms. The Kier molecular flexibility index (Phi) is 5.97. The number of piperidine rings is 1. The topological polar surface area (TPSA) is 102 Å². The number of methoxy groups -OCH3 is 1. The van der Waals surface area contributed by atoms with E-state index in [0.29, 0.717) is 13.1 Å². The van der Waals surface area contributed by atoms with Crippen LogP contribution < -0.4 is 15.2 Å². The Hall–Kier alpha value is -1.64. The molecule has 1 aromatic carbocycles. The molecule has 1 saturated heterocycles. The minimum Gasteiger partial charge on any atom is -0.496 e. The number of carbonyl (C=O) groups is 1. The Morgan fingerprint density at radius 3 is 2.61 bits per heavy atom. The van der Waals surface area contributed by atoms with E-state index in [2.05, 4.69) is 9.62 Å². The standard InChI is InChI=1S/C15H23N3O4S/c1-22-14-6-5-12(11-13(14)15(16)19)23(20,21)17-7-10-18-8-3-2-4-9-18/h5-6,11,17H,2-4,7-10H2,1H3,(H2,16,19). The smallest absolute Gasteiger partial charge is 0.252 e. The number of carbonyl (C=O) groups excluding carboxylic acids is 1. The normalized spacial score (nSPS) is 16.2. The van der Waals surface area contributed by atoms with Crippen molar-refractivity contribution in [3.8, 4) is 5.75 Å². The molecule has 0 bridgehead atoms. The Bertz CT molecular complexity index is 655. The molecule has 1 heterocycles. The molecule has 0 atom stereocenters. The van der Waals surface area contributed by atoms with E-state index in [1.165, 1.54) is 31.7 Å². The van der Waals surface area contributed by atoms with E-state index < -0.39 is 15.9 Å². The number of ether oxygens (including phenoxy) is 1. The average molecular weight is 341 g/mol. The molecule has 0 aliphatic carbocycles. The highest BCUT2D eigenvalue weighted by atomic mass is 32.2. The summed E-state index contributed by atoms with van der Waals surface area (Å²) in [6.45, 7) is 3.03. The van der Waals surface area contributed by atoms with E-state index in [-0.39, 0.29) is 16.2 Å². The zero-order valence-corrected chi connectivity index (χ0v) is 14.1. The fourth-order valence-electron chi connectivity index (χ4n) is 2.65. The lowest BCUT2D eigenvalue weighted by atomic mass is 10.1. The summed E-state index contributed by atoms with van der Waals surface area (Å²) in [5.41, 5.74) is 5.31. The number of hydrogen-bond donors (Lipinski definition) is 2. The SMILES string of the molecule is COc1ccc(S(=O)(=O)NCCN2CCCCC2)cc1C(N)=O. The van der Waals surface area contributed by atoms with Crippen LogP contribution in [0.1, 0.15) is 29.6 Å². The van der Waals surface area contributed by atoms with Gasteiger partial charge in [-0.2, -0.15) is 0 Å². The van der Waals surface area contributed by atoms with Gasteiger partial charge < -0.3 is 15.4 Å². The fraction of sp³-hybridized carbons (Fsp3) is 0.533. The fourth-order valence-corrected chi connectivity index (χ4v) is 3.70. The first kappa shape index (κ1) is 17.7. The van der Waals surface area contributed by atoms with Crippen LogP contribution >= 0.6 is 0 Å². The molecule has 1 amide bonds. The maximum absolute atomic E-state index is 12.3. The number of amides is 1. The lowest BCUT2D eigenvalue weighted by Gasteiger charge is -2.26. The van der Waals surface area contributed by atoms with Crippen molar-refractivity contribution in [2.75, 3.05) is 33.3 Å². The molecule has 1 aliphatic heterocycles. The largest absolute Gasteiger partial charge is 0.496 e. The van der Waals surface area contributed by atoms with Gasteiger partial charge in [0.25, 0.3) is 5.91 Å². The molecular formula is C15H23N3O4S. The van der Waals surface area contributed by atoms with Crippen LogP contribution in [-0.4, -0.2) is 52.5 Å². The van der Waals surface area contributed by atoms with Crippen molar-refractivity contribution >= 4 is 15.9 Å². The molecule has 8 heteroatoms. The number of nitrogens with one attached hydrogen (secondary N) is 1. The average Bonchev–Trinajstić information content (AvgIpc) is 2.55. The van der Waals surface area contributed by atoms with Gasteiger partial charge in [0, 0.05) is 13.1 Å². The van der Waals surface area contributed by atoms with Gasteiger partial charge in [-0.3, -0.25) is 4.79 Å². The highest BCUT2D eigenvalue weighted by Crippen LogP contribution is 2.21. The van der Waals surface area contributed by atoms with Crippen LogP contribution in [0.25, 0.3) is 0 Å². The summed E-state index contributed by atoms with van der Waals surface area (Å²) in [5, 5.41) is 0. The molecule has 3 N–H and O–H groups in total. The number of benzene rings is 1. The summed E-state index contributed by atoms with van der Waals surface area (Å²) in [7, 11) is -2.29. The number of primary amides is 1. The second kappa shape index (κ2) is 7.76. The number of nitrogens with zero attached hydrogens (tertiary/aromatic N) is 1. The summed E-state index contributed by atoms with van der Waals surface area (Å²) < 4.78 is 32.2. The van der Waals surface area contributed by atoms with Gasteiger partial charge in [0.2, 0.25) is 10.0 Å². The second-order valence-electron chi connectivity index (χ2n) is 5.53. The maximum atomic E-state index is 12.3. The molecule has 0 aromatic heterocycles. The van der Waals surface area contributed by atoms with Gasteiger partial charge >= 0.3 is 0 Å². The molecule has 1 aliphatic rings. The first-order valence-corrected chi connectivity index (χ1v) is 9.12. The Labute approximate surface area is 136 Å². The van der Waals surface area contributed by atoms with Gasteiger partial charge in [-0.05, 0) is 44.1 Å². The summed E-state index contributed by atoms with van der Waals surface area (Å²) in [6.07, 6.45) is 3.56. The monoisotopic (exact) mass is 341 g/mol. The minimum atomic E-state index is -3.68. The van der Waals surface area contributed by atoms with Crippen LogP contribution in [-0.2, 0) is 10.0 Å². The van der Waals surface area contributed by atoms with Crippen molar-refractivity contribution in [3.63, 3.8) is 0 Å². The third-order valence-corrected chi connectivity index (χ3v) is 5.37. The molecule has 0 saturated carbocycles. The predicted octanol–water partition coefficient (Wildman–Crippen LogP) is 0.558. The number of likely N-dealkylation sites (tertiary alicyclic amines) is 1. The van der Waals surface area contributed by atoms with E-state index in [9.17, 15) is 13.2 Å². The zero-order chi connectivity index (χ0) is 16.9. The summed E-state index contributed by atoms with van der Waals surface area (Å²) in [6, 6.07) is 4.07. The number of nitrogens with two attached hydrogens (primary N) is 1. The molecule has 0 radical (unpaired) electrons. The van der Waals surface area contributed by atoms with E-state index in [4.69, 9.17) is 10.5 Å². The number of sulfonamides is 1. The maximum Gasteiger partial charge on any atom is 0.252 e. The van der Waals surface area contributed by atoms with Crippen LogP contribution in [0.4, 0.5) is 0 Å². The Balaban J connectivity index is 2.03. The summed E-state index contributed by atoms with van der Waals surface area (Å²) >= 11 is 0. The van der Waals surface area contributed by atoms with Gasteiger partial charge in [0.15, 0.2) is 0 Å². The number of rotatable bonds is 7. The first-order chi connectivity index (χ1) is 10.9. The Morgan fingerprint density at radius 1 is 1.30 bits per heavy atom. The lowest BCUT2D eigenvalue weighted by Crippen LogP contribution is -2.37. The van der Waals surface area contributed by atoms with E-state index in [0.717, 1.165) is 25.9 Å². The second-order valence-corrected chi connectivity index (χ2v) is 7.29. The third kappa shape index (κ3) is 4.66. The third-order valence-electron chi connectivity index (χ3n) is 3.92. The molecule has 1 fully saturated rings. The molecule has 7 nitrogen and oxygen atoms in total. The van der Waals surface area contributed by atoms with Crippen molar-refractivity contribution in [1.82, 2.24) is 9.62 Å². The molecule has 0 unspecified atom stereocenters. The molecule has 128 valence electrons. The zero-order valence-electron chi connectivity index (χ0n) is 13.2. The summed E-state index contributed by atoms with van der Waals surface area (Å²) in [4.78, 5) is 13.7. The van der Waals surface area contributed by atoms with Crippen LogP contribution in [0.5, 0.6) is 5.75 Å². The van der Waals surface area contributed by atoms with Crippen molar-refractivity contribution in [2.45, 2.75) is 24.2 Å². The van der Waals surface area contributed by atoms with E-state index >= 15 is 0 Å². The van der Waals surface area contributed by atoms with Crippen molar-refractivity contribution in [1.29, 1.82) is 0 Å². The predicted molar refractivity (Wildman–Crippen MR) is 87.0 cm³/mol. The first-order valence-electron chi connectivity index (χ1n) is 7.64. The highest BCUT2D eigenvalue weighted by molar-refractivity contribution is 7.89. The van der Waals surface area contributed by atoms with Gasteiger partial charge in [-0.1, -0.05) is 6.42 Å². The quantitative estimate of drug-likeness (QED) is 0.754. The number of hydrogen-bond acceptors (Lipinski definition) is 5. The van der Waals surface area contributed by atoms with Gasteiger partial charge in [-0.25, -0.2) is 13.1 Å². The van der Waals surface area contributed by atoms with Crippen molar-refractivity contribution in [2.24, 2.45) is 5.73 Å². The Morgan fingerprint density at radius 2 is 2.00 bits per heavy atom. The molecule has 1 aromatic rings. The van der Waals surface area contributed by atoms with Crippen LogP contribution in [0, 0.1) is 0 Å². The van der Waals surface area contributed by atoms with E-state index in [1.807, 2.05) is 0 Å². The van der Waals surface area contributed by atoms with Crippen molar-refractivity contribution < 1.29 is 17.9 Å². The van der Waals surface area contributed by atoms with E-state index in [1.54, 1.807) is 0 Å². The minimum absolute atomic E-state index is 0.00532. The highest BCUT2D eigenvalue weighted by Gasteiger charge is 2.19. The van der Waals surface area contributed by atoms with Crippen LogP contribution in [0.2, 0.25) is 0 Å². The van der Waals surface area contributed by atoms with Gasteiger partial charge in [-0.15, -0.1) is 0 Å². The molecule has 2 rings (SSSR count). The lowest BCUT2D eigenvalue weighted by molar-refractivity contribution is 0.0997. The van der Waals surface area contributed by atoms with Crippen molar-refractivity contribution in [3.05, 3.63) is 23.8 Å².